The van der Waals surface area contributed by atoms with Crippen LogP contribution >= 0.6 is 0 Å². The minimum absolute atomic E-state index is 0. The van der Waals surface area contributed by atoms with Crippen LogP contribution in [0.25, 0.3) is 0 Å². The first-order chi connectivity index (χ1) is 14.0. The Hall–Kier alpha value is -1.94. The Morgan fingerprint density at radius 1 is 1.35 bits per heavy atom. The van der Waals surface area contributed by atoms with E-state index in [0.717, 1.165) is 0 Å². The van der Waals surface area contributed by atoms with Crippen LogP contribution in [0.4, 0.5) is 5.69 Å². The van der Waals surface area contributed by atoms with Crippen LogP contribution in [0, 0.1) is 10.1 Å². The standard InChI is InChI=1S/C16H19N3O10S.Na.H/c20-9-11-6-10(3-4-12(11)19(24)25)8-17-5-1-2-15(22)29-18-14(21)7-13(16(18)23)30(26,27)28;;/h3-4,6,13,17,20H,1-2,5,7-9H2,(H,26,27,28);;. The van der Waals surface area contributed by atoms with Crippen LogP contribution in [0.1, 0.15) is 30.4 Å². The number of nitro groups is 1. The van der Waals surface area contributed by atoms with Crippen molar-refractivity contribution in [3.63, 3.8) is 0 Å². The molecule has 1 saturated heterocycles. The second-order valence-corrected chi connectivity index (χ2v) is 7.95. The molecule has 0 aromatic heterocycles. The third kappa shape index (κ3) is 7.31. The summed E-state index contributed by atoms with van der Waals surface area (Å²) in [6.07, 6.45) is -0.753. The van der Waals surface area contributed by atoms with Crippen LogP contribution in [0.3, 0.4) is 0 Å². The number of carbonyl (C=O) groups is 3. The first kappa shape index (κ1) is 27.1. The Kier molecular flexibility index (Phi) is 10.2. The molecule has 1 unspecified atom stereocenters. The second kappa shape index (κ2) is 11.6. The molecule has 0 spiro atoms. The van der Waals surface area contributed by atoms with E-state index in [1.165, 1.54) is 18.2 Å². The van der Waals surface area contributed by atoms with E-state index in [2.05, 4.69) is 10.2 Å². The average Bonchev–Trinajstić information content (AvgIpc) is 2.95. The van der Waals surface area contributed by atoms with Crippen molar-refractivity contribution in [1.82, 2.24) is 10.4 Å². The predicted molar refractivity (Wildman–Crippen MR) is 105 cm³/mol. The van der Waals surface area contributed by atoms with Gasteiger partial charge in [-0.2, -0.15) is 8.42 Å². The molecular weight excluding hydrogens is 449 g/mol. The Labute approximate surface area is 198 Å². The van der Waals surface area contributed by atoms with Gasteiger partial charge in [-0.05, 0) is 24.6 Å². The molecule has 31 heavy (non-hydrogen) atoms. The first-order valence-electron chi connectivity index (χ1n) is 8.66. The zero-order chi connectivity index (χ0) is 22.5. The van der Waals surface area contributed by atoms with E-state index in [-0.39, 0.29) is 58.7 Å². The third-order valence-electron chi connectivity index (χ3n) is 4.19. The van der Waals surface area contributed by atoms with Gasteiger partial charge in [0.15, 0.2) is 5.25 Å². The molecule has 3 N–H and O–H groups in total. The summed E-state index contributed by atoms with van der Waals surface area (Å²) in [6.45, 7) is 0.137. The van der Waals surface area contributed by atoms with Crippen molar-refractivity contribution in [2.75, 3.05) is 6.54 Å². The Balaban J connectivity index is 0.00000480. The van der Waals surface area contributed by atoms with E-state index in [4.69, 9.17) is 4.55 Å². The quantitative estimate of drug-likeness (QED) is 0.0928. The van der Waals surface area contributed by atoms with Crippen LogP contribution in [0.15, 0.2) is 18.2 Å². The fraction of sp³-hybridized carbons (Fsp3) is 0.438. The van der Waals surface area contributed by atoms with E-state index in [1.54, 1.807) is 0 Å². The molecule has 13 nitrogen and oxygen atoms in total. The number of nitrogens with one attached hydrogen (secondary N) is 1. The summed E-state index contributed by atoms with van der Waals surface area (Å²) < 4.78 is 31.0. The van der Waals surface area contributed by atoms with Crippen molar-refractivity contribution >= 4 is 63.1 Å². The summed E-state index contributed by atoms with van der Waals surface area (Å²) in [7, 11) is -4.78. The van der Waals surface area contributed by atoms with Gasteiger partial charge in [0.1, 0.15) is 0 Å². The maximum atomic E-state index is 11.8. The topological polar surface area (TPSA) is 193 Å². The average molecular weight is 469 g/mol. The van der Waals surface area contributed by atoms with Gasteiger partial charge in [-0.3, -0.25) is 24.3 Å². The number of nitrogens with zero attached hydrogens (tertiary/aromatic N) is 2. The van der Waals surface area contributed by atoms with Gasteiger partial charge in [0.2, 0.25) is 0 Å². The van der Waals surface area contributed by atoms with Crippen molar-refractivity contribution in [2.45, 2.75) is 37.7 Å². The van der Waals surface area contributed by atoms with Crippen LogP contribution in [0.2, 0.25) is 0 Å². The molecule has 1 heterocycles. The van der Waals surface area contributed by atoms with E-state index in [0.29, 0.717) is 18.7 Å². The summed E-state index contributed by atoms with van der Waals surface area (Å²) in [5.41, 5.74) is 0.661. The van der Waals surface area contributed by atoms with Crippen LogP contribution in [0.5, 0.6) is 0 Å². The number of hydrogen-bond donors (Lipinski definition) is 3. The van der Waals surface area contributed by atoms with Crippen LogP contribution < -0.4 is 5.32 Å². The molecule has 0 aliphatic carbocycles. The molecule has 15 heteroatoms. The number of aliphatic hydroxyl groups excluding tert-OH is 1. The van der Waals surface area contributed by atoms with Gasteiger partial charge >= 0.3 is 35.5 Å². The number of nitro benzene ring substituents is 1. The normalized spacial score (nSPS) is 16.2. The fourth-order valence-corrected chi connectivity index (χ4v) is 3.41. The molecular formula is C16H20N3NaO10S. The number of hydroxylamine groups is 2. The fourth-order valence-electron chi connectivity index (χ4n) is 2.70. The maximum absolute atomic E-state index is 11.8. The zero-order valence-corrected chi connectivity index (χ0v) is 16.3. The number of amides is 2. The number of rotatable bonds is 10. The van der Waals surface area contributed by atoms with Gasteiger partial charge in [0, 0.05) is 19.0 Å². The molecule has 0 saturated carbocycles. The van der Waals surface area contributed by atoms with Gasteiger partial charge in [0.25, 0.3) is 27.6 Å². The molecule has 0 radical (unpaired) electrons. The molecule has 1 fully saturated rings. The summed E-state index contributed by atoms with van der Waals surface area (Å²) in [5.74, 6) is -3.31. The van der Waals surface area contributed by atoms with E-state index in [1.807, 2.05) is 0 Å². The van der Waals surface area contributed by atoms with Gasteiger partial charge in [-0.1, -0.05) is 6.07 Å². The molecule has 1 aromatic carbocycles. The molecule has 0 bridgehead atoms. The predicted octanol–water partition coefficient (Wildman–Crippen LogP) is -1.22. The second-order valence-electron chi connectivity index (χ2n) is 6.36. The molecule has 1 aliphatic rings. The molecule has 1 aliphatic heterocycles. The molecule has 2 rings (SSSR count). The Morgan fingerprint density at radius 2 is 2.03 bits per heavy atom. The summed E-state index contributed by atoms with van der Waals surface area (Å²) in [6, 6.07) is 4.29. The van der Waals surface area contributed by atoms with Crippen molar-refractivity contribution in [3.8, 4) is 0 Å². The molecule has 166 valence electrons. The number of carbonyl (C=O) groups excluding carboxylic acids is 3. The Bertz CT molecular complexity index is 968. The van der Waals surface area contributed by atoms with Crippen molar-refractivity contribution < 1.29 is 42.2 Å². The van der Waals surface area contributed by atoms with Gasteiger partial charge in [0.05, 0.1) is 23.5 Å². The SMILES string of the molecule is O=C(CCCNCc1ccc([N+](=O)[O-])c(CO)c1)ON1C(=O)CC(S(=O)(=O)O)C1=O.[NaH]. The van der Waals surface area contributed by atoms with Crippen LogP contribution in [-0.2, 0) is 42.5 Å². The molecule has 2 amide bonds. The zero-order valence-electron chi connectivity index (χ0n) is 15.5. The van der Waals surface area contributed by atoms with E-state index < -0.39 is 51.1 Å². The number of imide groups is 1. The number of benzene rings is 1. The summed E-state index contributed by atoms with van der Waals surface area (Å²) >= 11 is 0. The van der Waals surface area contributed by atoms with Gasteiger partial charge < -0.3 is 15.3 Å². The van der Waals surface area contributed by atoms with Gasteiger partial charge in [-0.25, -0.2) is 4.79 Å². The third-order valence-corrected chi connectivity index (χ3v) is 5.28. The van der Waals surface area contributed by atoms with Crippen LogP contribution in [-0.4, -0.2) is 87.2 Å². The molecule has 1 aromatic rings. The first-order valence-corrected chi connectivity index (χ1v) is 10.2. The summed E-state index contributed by atoms with van der Waals surface area (Å²) in [5, 5.41) is 21.1. The van der Waals surface area contributed by atoms with Crippen molar-refractivity contribution in [1.29, 1.82) is 0 Å². The summed E-state index contributed by atoms with van der Waals surface area (Å²) in [4.78, 5) is 50.0. The van der Waals surface area contributed by atoms with Gasteiger partial charge in [-0.15, -0.1) is 5.06 Å². The number of aliphatic hydroxyl groups is 1. The monoisotopic (exact) mass is 469 g/mol. The van der Waals surface area contributed by atoms with E-state index in [9.17, 15) is 38.0 Å². The number of hydrogen-bond acceptors (Lipinski definition) is 10. The molecule has 1 atom stereocenters. The van der Waals surface area contributed by atoms with Crippen molar-refractivity contribution in [3.05, 3.63) is 39.4 Å². The minimum atomic E-state index is -4.78. The van der Waals surface area contributed by atoms with Crippen molar-refractivity contribution in [2.24, 2.45) is 0 Å². The van der Waals surface area contributed by atoms with E-state index >= 15 is 0 Å². The Morgan fingerprint density at radius 3 is 2.58 bits per heavy atom.